The Balaban J connectivity index is 2.25. The van der Waals surface area contributed by atoms with Crippen molar-refractivity contribution in [1.82, 2.24) is 0 Å². The summed E-state index contributed by atoms with van der Waals surface area (Å²) in [4.78, 5) is 13.7. The summed E-state index contributed by atoms with van der Waals surface area (Å²) in [7, 11) is 1.43. The number of methoxy groups -OCH3 is 1. The van der Waals surface area contributed by atoms with E-state index in [-0.39, 0.29) is 44.9 Å². The fourth-order valence-corrected chi connectivity index (χ4v) is 4.14. The van der Waals surface area contributed by atoms with Crippen LogP contribution in [0.5, 0.6) is 23.0 Å². The minimum absolute atomic E-state index is 0.00733. The quantitative estimate of drug-likeness (QED) is 0.243. The molecule has 3 N–H and O–H groups in total. The van der Waals surface area contributed by atoms with Gasteiger partial charge in [-0.15, -0.1) is 0 Å². The van der Waals surface area contributed by atoms with E-state index in [2.05, 4.69) is 19.9 Å². The van der Waals surface area contributed by atoms with Crippen LogP contribution in [-0.2, 0) is 12.8 Å². The lowest BCUT2D eigenvalue weighted by atomic mass is 9.98. The summed E-state index contributed by atoms with van der Waals surface area (Å²) >= 11 is 0. The Bertz CT molecular complexity index is 1410. The van der Waals surface area contributed by atoms with Gasteiger partial charge in [-0.25, -0.2) is 0 Å². The van der Waals surface area contributed by atoms with Gasteiger partial charge in [-0.3, -0.25) is 4.79 Å². The molecule has 0 atom stereocenters. The SMILES string of the molecule is COc1c(O)cc2oc3c(C/C=C(\C)CCC=C(C)C)c(O)cc(O)c3c(=O)c2c1CC=C(C)C. The molecule has 0 saturated carbocycles. The Morgan fingerprint density at radius 1 is 0.857 bits per heavy atom. The minimum Gasteiger partial charge on any atom is -0.507 e. The average Bonchev–Trinajstić information content (AvgIpc) is 2.76. The van der Waals surface area contributed by atoms with Crippen molar-refractivity contribution >= 4 is 21.9 Å². The van der Waals surface area contributed by atoms with Gasteiger partial charge in [0.1, 0.15) is 28.1 Å². The van der Waals surface area contributed by atoms with E-state index in [1.165, 1.54) is 24.8 Å². The maximum atomic E-state index is 13.7. The fourth-order valence-electron chi connectivity index (χ4n) is 4.14. The molecule has 6 nitrogen and oxygen atoms in total. The summed E-state index contributed by atoms with van der Waals surface area (Å²) in [5.74, 6) is -0.481. The van der Waals surface area contributed by atoms with Crippen LogP contribution in [0.25, 0.3) is 21.9 Å². The molecule has 3 aromatic rings. The smallest absolute Gasteiger partial charge is 0.204 e. The number of aromatic hydroxyl groups is 3. The topological polar surface area (TPSA) is 100 Å². The summed E-state index contributed by atoms with van der Waals surface area (Å²) < 4.78 is 11.5. The fraction of sp³-hybridized carbons (Fsp3) is 0.345. The third-order valence-corrected chi connectivity index (χ3v) is 5.99. The number of ether oxygens (including phenoxy) is 1. The maximum absolute atomic E-state index is 13.7. The van der Waals surface area contributed by atoms with Crippen molar-refractivity contribution in [2.24, 2.45) is 0 Å². The second-order valence-corrected chi connectivity index (χ2v) is 9.37. The van der Waals surface area contributed by atoms with E-state index in [0.29, 0.717) is 24.0 Å². The van der Waals surface area contributed by atoms with Gasteiger partial charge in [0, 0.05) is 23.3 Å². The number of phenols is 3. The molecule has 1 aromatic heterocycles. The number of fused-ring (bicyclic) bond motifs is 2. The van der Waals surface area contributed by atoms with E-state index in [1.807, 2.05) is 32.9 Å². The van der Waals surface area contributed by atoms with Crippen LogP contribution in [0, 0.1) is 0 Å². The van der Waals surface area contributed by atoms with Gasteiger partial charge < -0.3 is 24.5 Å². The standard InChI is InChI=1S/C29H34O6/c1-16(2)8-7-9-18(5)11-13-19-21(30)14-22(31)26-27(33)25-20(12-10-17(3)4)28(34-6)23(32)15-24(25)35-29(19)26/h8,10-11,14-15,30-32H,7,9,12-13H2,1-6H3/b18-11+. The first-order chi connectivity index (χ1) is 16.5. The Morgan fingerprint density at radius 3 is 2.14 bits per heavy atom. The molecule has 0 spiro atoms. The molecular formula is C29H34O6. The van der Waals surface area contributed by atoms with Crippen LogP contribution in [-0.4, -0.2) is 22.4 Å². The van der Waals surface area contributed by atoms with Crippen molar-refractivity contribution in [2.45, 2.75) is 60.3 Å². The first-order valence-corrected chi connectivity index (χ1v) is 11.7. The molecule has 35 heavy (non-hydrogen) atoms. The van der Waals surface area contributed by atoms with Gasteiger partial charge in [0.05, 0.1) is 12.5 Å². The third-order valence-electron chi connectivity index (χ3n) is 5.99. The molecule has 0 radical (unpaired) electrons. The number of hydrogen-bond acceptors (Lipinski definition) is 6. The van der Waals surface area contributed by atoms with E-state index in [4.69, 9.17) is 9.15 Å². The van der Waals surface area contributed by atoms with Crippen molar-refractivity contribution in [1.29, 1.82) is 0 Å². The lowest BCUT2D eigenvalue weighted by Gasteiger charge is -2.15. The van der Waals surface area contributed by atoms with Gasteiger partial charge in [0.25, 0.3) is 0 Å². The van der Waals surface area contributed by atoms with E-state index in [0.717, 1.165) is 24.0 Å². The van der Waals surface area contributed by atoms with E-state index < -0.39 is 5.43 Å². The number of benzene rings is 2. The third kappa shape index (κ3) is 5.53. The van der Waals surface area contributed by atoms with Crippen molar-refractivity contribution in [2.75, 3.05) is 7.11 Å². The van der Waals surface area contributed by atoms with Gasteiger partial charge in [-0.05, 0) is 60.3 Å². The Morgan fingerprint density at radius 2 is 1.51 bits per heavy atom. The summed E-state index contributed by atoms with van der Waals surface area (Å²) in [6, 6.07) is 2.52. The summed E-state index contributed by atoms with van der Waals surface area (Å²) in [5, 5.41) is 32.0. The second kappa shape index (κ2) is 10.7. The number of hydrogen-bond donors (Lipinski definition) is 3. The molecule has 3 rings (SSSR count). The first kappa shape index (κ1) is 25.9. The van der Waals surface area contributed by atoms with E-state index >= 15 is 0 Å². The van der Waals surface area contributed by atoms with Crippen LogP contribution in [0.15, 0.2) is 56.3 Å². The maximum Gasteiger partial charge on any atom is 0.204 e. The van der Waals surface area contributed by atoms with Crippen molar-refractivity contribution in [3.63, 3.8) is 0 Å². The predicted molar refractivity (Wildman–Crippen MR) is 141 cm³/mol. The lowest BCUT2D eigenvalue weighted by molar-refractivity contribution is 0.370. The van der Waals surface area contributed by atoms with Crippen LogP contribution < -0.4 is 10.2 Å². The van der Waals surface area contributed by atoms with Gasteiger partial charge in [-0.1, -0.05) is 34.9 Å². The molecule has 1 heterocycles. The molecule has 0 aliphatic rings. The number of phenolic OH excluding ortho intramolecular Hbond substituents is 3. The van der Waals surface area contributed by atoms with E-state index in [1.54, 1.807) is 0 Å². The molecular weight excluding hydrogens is 444 g/mol. The normalized spacial score (nSPS) is 11.7. The van der Waals surface area contributed by atoms with Crippen molar-refractivity contribution in [3.8, 4) is 23.0 Å². The summed E-state index contributed by atoms with van der Waals surface area (Å²) in [6.45, 7) is 10.0. The lowest BCUT2D eigenvalue weighted by Crippen LogP contribution is -2.08. The predicted octanol–water partition coefficient (Wildman–Crippen LogP) is 6.82. The summed E-state index contributed by atoms with van der Waals surface area (Å²) in [5.41, 5.74) is 4.13. The molecule has 0 aliphatic carbocycles. The molecule has 6 heteroatoms. The molecule has 2 aromatic carbocycles. The van der Waals surface area contributed by atoms with Crippen LogP contribution in [0.3, 0.4) is 0 Å². The molecule has 0 unspecified atom stereocenters. The largest absolute Gasteiger partial charge is 0.507 e. The summed E-state index contributed by atoms with van der Waals surface area (Å²) in [6.07, 6.45) is 8.53. The minimum atomic E-state index is -0.445. The van der Waals surface area contributed by atoms with Crippen LogP contribution >= 0.6 is 0 Å². The highest BCUT2D eigenvalue weighted by atomic mass is 16.5. The number of rotatable bonds is 8. The molecule has 0 amide bonds. The number of allylic oxidation sites excluding steroid dienone is 6. The van der Waals surface area contributed by atoms with Crippen LogP contribution in [0.1, 0.15) is 58.6 Å². The van der Waals surface area contributed by atoms with Gasteiger partial charge >= 0.3 is 0 Å². The van der Waals surface area contributed by atoms with E-state index in [9.17, 15) is 20.1 Å². The average molecular weight is 479 g/mol. The zero-order valence-electron chi connectivity index (χ0n) is 21.3. The van der Waals surface area contributed by atoms with Gasteiger partial charge in [-0.2, -0.15) is 0 Å². The zero-order chi connectivity index (χ0) is 25.9. The van der Waals surface area contributed by atoms with Crippen molar-refractivity contribution in [3.05, 3.63) is 68.4 Å². The highest BCUT2D eigenvalue weighted by Gasteiger charge is 2.23. The molecule has 0 fully saturated rings. The zero-order valence-corrected chi connectivity index (χ0v) is 21.3. The van der Waals surface area contributed by atoms with Crippen LogP contribution in [0.4, 0.5) is 0 Å². The van der Waals surface area contributed by atoms with Crippen LogP contribution in [0.2, 0.25) is 0 Å². The Hall–Kier alpha value is -3.67. The molecule has 0 bridgehead atoms. The monoisotopic (exact) mass is 478 g/mol. The molecule has 0 saturated heterocycles. The van der Waals surface area contributed by atoms with Crippen molar-refractivity contribution < 1.29 is 24.5 Å². The highest BCUT2D eigenvalue weighted by molar-refractivity contribution is 5.98. The second-order valence-electron chi connectivity index (χ2n) is 9.37. The van der Waals surface area contributed by atoms with Gasteiger partial charge in [0.2, 0.25) is 5.43 Å². The first-order valence-electron chi connectivity index (χ1n) is 11.7. The van der Waals surface area contributed by atoms with Gasteiger partial charge in [0.15, 0.2) is 11.5 Å². The Kier molecular flexibility index (Phi) is 7.95. The highest BCUT2D eigenvalue weighted by Crippen LogP contribution is 2.40. The Labute approximate surface area is 205 Å². The molecule has 0 aliphatic heterocycles. The molecule has 186 valence electrons.